The Bertz CT molecular complexity index is 320. The summed E-state index contributed by atoms with van der Waals surface area (Å²) in [4.78, 5) is 24.9. The van der Waals surface area contributed by atoms with Crippen LogP contribution in [0.1, 0.15) is 12.8 Å². The van der Waals surface area contributed by atoms with Gasteiger partial charge in [0.15, 0.2) is 5.41 Å². The Balaban J connectivity index is 2.05. The van der Waals surface area contributed by atoms with Gasteiger partial charge < -0.3 is 19.5 Å². The molecular formula is C11H17NO5. The Labute approximate surface area is 99.5 Å². The number of hydrogen-bond donors (Lipinski definition) is 1. The highest BCUT2D eigenvalue weighted by Crippen LogP contribution is 2.31. The van der Waals surface area contributed by atoms with Crippen molar-refractivity contribution in [2.75, 3.05) is 33.5 Å². The molecule has 2 aliphatic rings. The van der Waals surface area contributed by atoms with Gasteiger partial charge in [-0.1, -0.05) is 0 Å². The van der Waals surface area contributed by atoms with Crippen LogP contribution in [0.2, 0.25) is 0 Å². The molecule has 0 aromatic heterocycles. The lowest BCUT2D eigenvalue weighted by Gasteiger charge is -2.41. The van der Waals surface area contributed by atoms with Crippen LogP contribution in [-0.4, -0.2) is 61.4 Å². The van der Waals surface area contributed by atoms with E-state index in [2.05, 4.69) is 0 Å². The first-order chi connectivity index (χ1) is 8.08. The molecule has 0 aliphatic carbocycles. The van der Waals surface area contributed by atoms with E-state index in [1.807, 2.05) is 0 Å². The molecule has 0 radical (unpaired) electrons. The van der Waals surface area contributed by atoms with E-state index in [0.717, 1.165) is 12.8 Å². The van der Waals surface area contributed by atoms with Crippen molar-refractivity contribution in [2.45, 2.75) is 18.9 Å². The maximum absolute atomic E-state index is 12.2. The highest BCUT2D eigenvalue weighted by Gasteiger charge is 2.55. The second-order valence-electron chi connectivity index (χ2n) is 4.64. The number of hydrogen-bond acceptors (Lipinski definition) is 4. The van der Waals surface area contributed by atoms with Gasteiger partial charge in [-0.2, -0.15) is 0 Å². The quantitative estimate of drug-likeness (QED) is 0.690. The third-order valence-electron chi connectivity index (χ3n) is 3.57. The zero-order valence-electron chi connectivity index (χ0n) is 9.85. The summed E-state index contributed by atoms with van der Waals surface area (Å²) in [5, 5.41) is 9.15. The van der Waals surface area contributed by atoms with Crippen LogP contribution in [0.3, 0.4) is 0 Å². The first-order valence-electron chi connectivity index (χ1n) is 5.74. The monoisotopic (exact) mass is 243 g/mol. The summed E-state index contributed by atoms with van der Waals surface area (Å²) in [5.74, 6) is -1.43. The number of amides is 1. The Morgan fingerprint density at radius 3 is 2.24 bits per heavy atom. The fourth-order valence-corrected chi connectivity index (χ4v) is 2.22. The Hall–Kier alpha value is -1.14. The predicted molar refractivity (Wildman–Crippen MR) is 57.5 cm³/mol. The average Bonchev–Trinajstić information content (AvgIpc) is 2.27. The fraction of sp³-hybridized carbons (Fsp3) is 0.818. The number of carboxylic acid groups (broad SMARTS) is 1. The maximum atomic E-state index is 12.2. The minimum Gasteiger partial charge on any atom is -0.480 e. The number of ether oxygens (including phenoxy) is 2. The van der Waals surface area contributed by atoms with E-state index < -0.39 is 11.4 Å². The number of rotatable bonds is 3. The standard InChI is InChI=1S/C11H17NO5/c1-12(8-2-4-16-5-3-8)9(13)11(10(14)15)6-17-7-11/h8H,2-7H2,1H3,(H,14,15). The molecule has 0 atom stereocenters. The van der Waals surface area contributed by atoms with Crippen LogP contribution < -0.4 is 0 Å². The van der Waals surface area contributed by atoms with Gasteiger partial charge in [0.05, 0.1) is 13.2 Å². The lowest BCUT2D eigenvalue weighted by atomic mass is 9.84. The van der Waals surface area contributed by atoms with Gasteiger partial charge in [0.25, 0.3) is 0 Å². The van der Waals surface area contributed by atoms with Gasteiger partial charge in [-0.3, -0.25) is 9.59 Å². The normalized spacial score (nSPS) is 23.8. The lowest BCUT2D eigenvalue weighted by Crippen LogP contribution is -2.61. The summed E-state index contributed by atoms with van der Waals surface area (Å²) in [7, 11) is 1.67. The Morgan fingerprint density at radius 1 is 1.24 bits per heavy atom. The molecule has 2 fully saturated rings. The van der Waals surface area contributed by atoms with Crippen LogP contribution in [-0.2, 0) is 19.1 Å². The highest BCUT2D eigenvalue weighted by molar-refractivity contribution is 6.03. The molecule has 0 aromatic carbocycles. The molecule has 6 heteroatoms. The van der Waals surface area contributed by atoms with Gasteiger partial charge in [0.1, 0.15) is 0 Å². The molecule has 0 aromatic rings. The van der Waals surface area contributed by atoms with Crippen LogP contribution in [0.5, 0.6) is 0 Å². The van der Waals surface area contributed by atoms with Crippen molar-refractivity contribution in [2.24, 2.45) is 5.41 Å². The van der Waals surface area contributed by atoms with Gasteiger partial charge in [0, 0.05) is 26.3 Å². The second kappa shape index (κ2) is 4.62. The molecule has 1 N–H and O–H groups in total. The third kappa shape index (κ3) is 2.02. The van der Waals surface area contributed by atoms with Crippen molar-refractivity contribution in [3.63, 3.8) is 0 Å². The fourth-order valence-electron chi connectivity index (χ4n) is 2.22. The van der Waals surface area contributed by atoms with Crippen molar-refractivity contribution in [3.8, 4) is 0 Å². The van der Waals surface area contributed by atoms with Crippen molar-refractivity contribution >= 4 is 11.9 Å². The lowest BCUT2D eigenvalue weighted by molar-refractivity contribution is -0.192. The van der Waals surface area contributed by atoms with E-state index in [9.17, 15) is 9.59 Å². The molecule has 17 heavy (non-hydrogen) atoms. The number of aliphatic carboxylic acids is 1. The SMILES string of the molecule is CN(C(=O)C1(C(=O)O)COC1)C1CCOCC1. The molecule has 96 valence electrons. The van der Waals surface area contributed by atoms with Crippen molar-refractivity contribution in [1.29, 1.82) is 0 Å². The topological polar surface area (TPSA) is 76.1 Å². The van der Waals surface area contributed by atoms with Crippen LogP contribution in [0.15, 0.2) is 0 Å². The van der Waals surface area contributed by atoms with Crippen molar-refractivity contribution < 1.29 is 24.2 Å². The van der Waals surface area contributed by atoms with Crippen molar-refractivity contribution in [1.82, 2.24) is 4.90 Å². The second-order valence-corrected chi connectivity index (χ2v) is 4.64. The molecular weight excluding hydrogens is 226 g/mol. The number of carbonyl (C=O) groups excluding carboxylic acids is 1. The molecule has 1 amide bonds. The van der Waals surface area contributed by atoms with E-state index in [4.69, 9.17) is 14.6 Å². The van der Waals surface area contributed by atoms with Crippen LogP contribution >= 0.6 is 0 Å². The van der Waals surface area contributed by atoms with Crippen molar-refractivity contribution in [3.05, 3.63) is 0 Å². The smallest absolute Gasteiger partial charge is 0.324 e. The van der Waals surface area contributed by atoms with Gasteiger partial charge in [-0.05, 0) is 12.8 Å². The molecule has 0 bridgehead atoms. The van der Waals surface area contributed by atoms with E-state index in [1.54, 1.807) is 11.9 Å². The largest absolute Gasteiger partial charge is 0.480 e. The zero-order valence-corrected chi connectivity index (χ0v) is 9.85. The maximum Gasteiger partial charge on any atom is 0.324 e. The van der Waals surface area contributed by atoms with E-state index in [1.165, 1.54) is 0 Å². The summed E-state index contributed by atoms with van der Waals surface area (Å²) in [5.41, 5.74) is -1.35. The molecule has 2 saturated heterocycles. The Morgan fingerprint density at radius 2 is 1.82 bits per heavy atom. The summed E-state index contributed by atoms with van der Waals surface area (Å²) >= 11 is 0. The summed E-state index contributed by atoms with van der Waals surface area (Å²) in [6.07, 6.45) is 1.53. The summed E-state index contributed by atoms with van der Waals surface area (Å²) in [6.45, 7) is 1.21. The molecule has 2 aliphatic heterocycles. The van der Waals surface area contributed by atoms with Gasteiger partial charge >= 0.3 is 5.97 Å². The molecule has 2 rings (SSSR count). The summed E-state index contributed by atoms with van der Waals surface area (Å²) < 4.78 is 10.1. The Kier molecular flexibility index (Phi) is 3.35. The molecule has 6 nitrogen and oxygen atoms in total. The molecule has 2 heterocycles. The first kappa shape index (κ1) is 12.3. The van der Waals surface area contributed by atoms with Gasteiger partial charge in [-0.25, -0.2) is 0 Å². The average molecular weight is 243 g/mol. The third-order valence-corrected chi connectivity index (χ3v) is 3.57. The minimum atomic E-state index is -1.35. The number of carboxylic acids is 1. The van der Waals surface area contributed by atoms with Gasteiger partial charge in [0.2, 0.25) is 5.91 Å². The predicted octanol–water partition coefficient (Wildman–Crippen LogP) is -0.275. The molecule has 0 spiro atoms. The van der Waals surface area contributed by atoms with Crippen LogP contribution in [0.4, 0.5) is 0 Å². The van der Waals surface area contributed by atoms with Crippen LogP contribution in [0, 0.1) is 5.41 Å². The van der Waals surface area contributed by atoms with E-state index in [-0.39, 0.29) is 25.2 Å². The molecule has 0 unspecified atom stereocenters. The highest BCUT2D eigenvalue weighted by atomic mass is 16.5. The summed E-state index contributed by atoms with van der Waals surface area (Å²) in [6, 6.07) is 0.0769. The first-order valence-corrected chi connectivity index (χ1v) is 5.74. The number of nitrogens with zero attached hydrogens (tertiary/aromatic N) is 1. The van der Waals surface area contributed by atoms with E-state index in [0.29, 0.717) is 13.2 Å². The van der Waals surface area contributed by atoms with Crippen LogP contribution in [0.25, 0.3) is 0 Å². The number of carbonyl (C=O) groups is 2. The van der Waals surface area contributed by atoms with E-state index >= 15 is 0 Å². The van der Waals surface area contributed by atoms with Gasteiger partial charge in [-0.15, -0.1) is 0 Å². The minimum absolute atomic E-state index is 0.0191. The zero-order chi connectivity index (χ0) is 12.5. The molecule has 0 saturated carbocycles.